The second kappa shape index (κ2) is 12.8. The van der Waals surface area contributed by atoms with Crippen molar-refractivity contribution in [2.75, 3.05) is 26.3 Å². The van der Waals surface area contributed by atoms with Gasteiger partial charge in [-0.05, 0) is 25.7 Å². The summed E-state index contributed by atoms with van der Waals surface area (Å²) in [7, 11) is 0. The van der Waals surface area contributed by atoms with E-state index in [-0.39, 0.29) is 38.1 Å². The molecule has 118 valence electrons. The number of hydrogen-bond donors (Lipinski definition) is 5. The first kappa shape index (κ1) is 18.8. The summed E-state index contributed by atoms with van der Waals surface area (Å²) in [4.78, 5) is 22.6. The van der Waals surface area contributed by atoms with Gasteiger partial charge in [0, 0.05) is 39.1 Å². The van der Waals surface area contributed by atoms with Crippen LogP contribution in [-0.2, 0) is 9.59 Å². The highest BCUT2D eigenvalue weighted by Crippen LogP contribution is 1.95. The van der Waals surface area contributed by atoms with Gasteiger partial charge in [-0.25, -0.2) is 0 Å². The monoisotopic (exact) mass is 290 g/mol. The highest BCUT2D eigenvalue weighted by molar-refractivity contribution is 5.76. The Balaban J connectivity index is 3.55. The SMILES string of the molecule is O=C(CCCCO)NCC(O)CNC(=O)CCCCO. The fraction of sp³-hybridized carbons (Fsp3) is 0.846. The second-order valence-corrected chi connectivity index (χ2v) is 4.62. The van der Waals surface area contributed by atoms with Gasteiger partial charge in [0.05, 0.1) is 6.10 Å². The van der Waals surface area contributed by atoms with Gasteiger partial charge >= 0.3 is 0 Å². The average molecular weight is 290 g/mol. The molecule has 20 heavy (non-hydrogen) atoms. The molecule has 0 aromatic heterocycles. The van der Waals surface area contributed by atoms with Gasteiger partial charge in [-0.2, -0.15) is 0 Å². The zero-order chi connectivity index (χ0) is 15.2. The number of aliphatic hydroxyl groups is 3. The molecular weight excluding hydrogens is 264 g/mol. The lowest BCUT2D eigenvalue weighted by molar-refractivity contribution is -0.121. The van der Waals surface area contributed by atoms with Crippen LogP contribution in [0.3, 0.4) is 0 Å². The molecule has 0 aromatic carbocycles. The number of hydrogen-bond acceptors (Lipinski definition) is 5. The molecule has 0 saturated heterocycles. The first-order valence-corrected chi connectivity index (χ1v) is 7.03. The highest BCUT2D eigenvalue weighted by atomic mass is 16.3. The van der Waals surface area contributed by atoms with Crippen LogP contribution < -0.4 is 10.6 Å². The van der Waals surface area contributed by atoms with Crippen molar-refractivity contribution < 1.29 is 24.9 Å². The van der Waals surface area contributed by atoms with Gasteiger partial charge in [-0.1, -0.05) is 0 Å². The van der Waals surface area contributed by atoms with Crippen LogP contribution >= 0.6 is 0 Å². The normalized spacial score (nSPS) is 10.6. The molecule has 0 unspecified atom stereocenters. The van der Waals surface area contributed by atoms with Crippen molar-refractivity contribution in [3.63, 3.8) is 0 Å². The van der Waals surface area contributed by atoms with Crippen LogP contribution in [0.2, 0.25) is 0 Å². The van der Waals surface area contributed by atoms with Crippen LogP contribution in [0.25, 0.3) is 0 Å². The lowest BCUT2D eigenvalue weighted by atomic mass is 10.2. The van der Waals surface area contributed by atoms with Crippen LogP contribution in [0.5, 0.6) is 0 Å². The Morgan fingerprint density at radius 3 is 1.55 bits per heavy atom. The maximum absolute atomic E-state index is 11.3. The van der Waals surface area contributed by atoms with Gasteiger partial charge < -0.3 is 26.0 Å². The Morgan fingerprint density at radius 2 is 1.20 bits per heavy atom. The number of rotatable bonds is 12. The maximum atomic E-state index is 11.3. The number of unbranched alkanes of at least 4 members (excludes halogenated alkanes) is 2. The zero-order valence-electron chi connectivity index (χ0n) is 11.8. The Bertz CT molecular complexity index is 247. The van der Waals surface area contributed by atoms with E-state index in [0.717, 1.165) is 0 Å². The molecule has 0 fully saturated rings. The molecule has 0 spiro atoms. The third kappa shape index (κ3) is 11.9. The molecule has 0 saturated carbocycles. The number of carbonyl (C=O) groups is 2. The van der Waals surface area contributed by atoms with Crippen molar-refractivity contribution >= 4 is 11.8 Å². The molecule has 0 aliphatic rings. The van der Waals surface area contributed by atoms with Gasteiger partial charge in [0.1, 0.15) is 0 Å². The maximum Gasteiger partial charge on any atom is 0.220 e. The van der Waals surface area contributed by atoms with Gasteiger partial charge in [-0.3, -0.25) is 9.59 Å². The number of aliphatic hydroxyl groups excluding tert-OH is 3. The van der Waals surface area contributed by atoms with Crippen molar-refractivity contribution in [3.8, 4) is 0 Å². The molecular formula is C13H26N2O5. The van der Waals surface area contributed by atoms with Crippen molar-refractivity contribution in [2.24, 2.45) is 0 Å². The van der Waals surface area contributed by atoms with E-state index in [1.807, 2.05) is 0 Å². The Hall–Kier alpha value is -1.18. The van der Waals surface area contributed by atoms with Gasteiger partial charge in [0.15, 0.2) is 0 Å². The highest BCUT2D eigenvalue weighted by Gasteiger charge is 2.08. The standard InChI is InChI=1S/C13H26N2O5/c16-7-3-1-5-12(19)14-9-11(18)10-15-13(20)6-2-4-8-17/h11,16-18H,1-10H2,(H,14,19)(H,15,20). The molecule has 0 atom stereocenters. The van der Waals surface area contributed by atoms with Crippen LogP contribution in [0, 0.1) is 0 Å². The van der Waals surface area contributed by atoms with E-state index in [4.69, 9.17) is 10.2 Å². The topological polar surface area (TPSA) is 119 Å². The fourth-order valence-electron chi connectivity index (χ4n) is 1.51. The van der Waals surface area contributed by atoms with Crippen molar-refractivity contribution in [1.29, 1.82) is 0 Å². The quantitative estimate of drug-likeness (QED) is 0.292. The molecule has 7 heteroatoms. The second-order valence-electron chi connectivity index (χ2n) is 4.62. The zero-order valence-corrected chi connectivity index (χ0v) is 11.8. The number of amides is 2. The molecule has 7 nitrogen and oxygen atoms in total. The van der Waals surface area contributed by atoms with Gasteiger partial charge in [-0.15, -0.1) is 0 Å². The third-order valence-corrected chi connectivity index (χ3v) is 2.69. The molecule has 0 heterocycles. The predicted molar refractivity (Wildman–Crippen MR) is 73.9 cm³/mol. The van der Waals surface area contributed by atoms with E-state index in [1.54, 1.807) is 0 Å². The summed E-state index contributed by atoms with van der Waals surface area (Å²) >= 11 is 0. The summed E-state index contributed by atoms with van der Waals surface area (Å²) in [6.45, 7) is 0.320. The average Bonchev–Trinajstić information content (AvgIpc) is 2.43. The van der Waals surface area contributed by atoms with Crippen LogP contribution in [0.1, 0.15) is 38.5 Å². The fourth-order valence-corrected chi connectivity index (χ4v) is 1.51. The molecule has 0 rings (SSSR count). The Kier molecular flexibility index (Phi) is 12.1. The van der Waals surface area contributed by atoms with Gasteiger partial charge in [0.25, 0.3) is 0 Å². The molecule has 0 aliphatic carbocycles. The molecule has 2 amide bonds. The third-order valence-electron chi connectivity index (χ3n) is 2.69. The first-order valence-electron chi connectivity index (χ1n) is 7.03. The Labute approximate surface area is 119 Å². The van der Waals surface area contributed by atoms with Crippen molar-refractivity contribution in [3.05, 3.63) is 0 Å². The summed E-state index contributed by atoms with van der Waals surface area (Å²) in [5, 5.41) is 31.8. The van der Waals surface area contributed by atoms with E-state index in [1.165, 1.54) is 0 Å². The van der Waals surface area contributed by atoms with Crippen molar-refractivity contribution in [2.45, 2.75) is 44.6 Å². The van der Waals surface area contributed by atoms with E-state index in [0.29, 0.717) is 38.5 Å². The summed E-state index contributed by atoms with van der Waals surface area (Å²) in [6, 6.07) is 0. The van der Waals surface area contributed by atoms with Crippen LogP contribution in [-0.4, -0.2) is 59.5 Å². The first-order chi connectivity index (χ1) is 9.60. The summed E-state index contributed by atoms with van der Waals surface area (Å²) in [6.07, 6.45) is 2.21. The van der Waals surface area contributed by atoms with Gasteiger partial charge in [0.2, 0.25) is 11.8 Å². The number of nitrogens with one attached hydrogen (secondary N) is 2. The van der Waals surface area contributed by atoms with Crippen molar-refractivity contribution in [1.82, 2.24) is 10.6 Å². The van der Waals surface area contributed by atoms with E-state index in [9.17, 15) is 14.7 Å². The largest absolute Gasteiger partial charge is 0.396 e. The lowest BCUT2D eigenvalue weighted by Gasteiger charge is -2.13. The lowest BCUT2D eigenvalue weighted by Crippen LogP contribution is -2.39. The van der Waals surface area contributed by atoms with E-state index < -0.39 is 6.10 Å². The predicted octanol–water partition coefficient (Wildman–Crippen LogP) is -1.10. The summed E-state index contributed by atoms with van der Waals surface area (Å²) in [5.74, 6) is -0.349. The molecule has 0 aromatic rings. The molecule has 0 bridgehead atoms. The summed E-state index contributed by atoms with van der Waals surface area (Å²) < 4.78 is 0. The van der Waals surface area contributed by atoms with E-state index >= 15 is 0 Å². The molecule has 5 N–H and O–H groups in total. The smallest absolute Gasteiger partial charge is 0.220 e. The van der Waals surface area contributed by atoms with Crippen LogP contribution in [0.4, 0.5) is 0 Å². The minimum Gasteiger partial charge on any atom is -0.396 e. The summed E-state index contributed by atoms with van der Waals surface area (Å²) in [5.41, 5.74) is 0. The van der Waals surface area contributed by atoms with Crippen LogP contribution in [0.15, 0.2) is 0 Å². The molecule has 0 aliphatic heterocycles. The Morgan fingerprint density at radius 1 is 0.800 bits per heavy atom. The molecule has 0 radical (unpaired) electrons. The minimum absolute atomic E-state index is 0.0677. The minimum atomic E-state index is -0.821. The van der Waals surface area contributed by atoms with E-state index in [2.05, 4.69) is 10.6 Å². The number of carbonyl (C=O) groups excluding carboxylic acids is 2.